The van der Waals surface area contributed by atoms with Gasteiger partial charge in [0, 0.05) is 25.0 Å². The van der Waals surface area contributed by atoms with E-state index >= 15 is 0 Å². The fraction of sp³-hybridized carbons (Fsp3) is 0.647. The Bertz CT molecular complexity index is 533. The first kappa shape index (κ1) is 20.4. The molecule has 7 heteroatoms. The maximum Gasteiger partial charge on any atom is 0.225 e. The third-order valence-electron chi connectivity index (χ3n) is 3.42. The normalized spacial score (nSPS) is 14.8. The zero-order valence-electron chi connectivity index (χ0n) is 15.3. The standard InChI is InChI=1S/C17H30N4O2S/c1-6-18-15(20-9-8-19-14(22)16(2,3)4)21-12-17(5,23)13-7-10-24-11-13/h7,10-11,23H,6,8-9,12H2,1-5H3,(H,19,22)(H2,18,20,21). The van der Waals surface area contributed by atoms with Gasteiger partial charge in [-0.05, 0) is 36.2 Å². The van der Waals surface area contributed by atoms with Crippen LogP contribution < -0.4 is 16.0 Å². The van der Waals surface area contributed by atoms with Gasteiger partial charge in [0.2, 0.25) is 5.91 Å². The summed E-state index contributed by atoms with van der Waals surface area (Å²) in [7, 11) is 0. The lowest BCUT2D eigenvalue weighted by molar-refractivity contribution is -0.128. The Kier molecular flexibility index (Phi) is 7.69. The van der Waals surface area contributed by atoms with Crippen molar-refractivity contribution in [3.05, 3.63) is 22.4 Å². The molecule has 0 bridgehead atoms. The van der Waals surface area contributed by atoms with Gasteiger partial charge in [-0.25, -0.2) is 4.99 Å². The van der Waals surface area contributed by atoms with E-state index in [1.807, 2.05) is 44.5 Å². The van der Waals surface area contributed by atoms with E-state index in [2.05, 4.69) is 20.9 Å². The molecule has 4 N–H and O–H groups in total. The number of aliphatic imine (C=N–C) groups is 1. The molecule has 1 unspecified atom stereocenters. The largest absolute Gasteiger partial charge is 0.383 e. The first-order valence-corrected chi connectivity index (χ1v) is 9.16. The van der Waals surface area contributed by atoms with Crippen LogP contribution in [0.15, 0.2) is 21.8 Å². The van der Waals surface area contributed by atoms with Crippen LogP contribution >= 0.6 is 11.3 Å². The van der Waals surface area contributed by atoms with Crippen LogP contribution in [0.25, 0.3) is 0 Å². The summed E-state index contributed by atoms with van der Waals surface area (Å²) < 4.78 is 0. The van der Waals surface area contributed by atoms with E-state index in [4.69, 9.17) is 0 Å². The maximum absolute atomic E-state index is 11.8. The number of carbonyl (C=O) groups excluding carboxylic acids is 1. The van der Waals surface area contributed by atoms with Crippen LogP contribution in [0.5, 0.6) is 0 Å². The Morgan fingerprint density at radius 3 is 2.42 bits per heavy atom. The molecular weight excluding hydrogens is 324 g/mol. The van der Waals surface area contributed by atoms with Crippen LogP contribution in [-0.2, 0) is 10.4 Å². The van der Waals surface area contributed by atoms with E-state index in [1.165, 1.54) is 0 Å². The van der Waals surface area contributed by atoms with Crippen LogP contribution in [-0.4, -0.2) is 43.2 Å². The number of carbonyl (C=O) groups is 1. The van der Waals surface area contributed by atoms with Crippen molar-refractivity contribution in [1.29, 1.82) is 0 Å². The monoisotopic (exact) mass is 354 g/mol. The van der Waals surface area contributed by atoms with Crippen molar-refractivity contribution in [2.24, 2.45) is 10.4 Å². The van der Waals surface area contributed by atoms with Crippen LogP contribution in [0, 0.1) is 5.41 Å². The van der Waals surface area contributed by atoms with Crippen molar-refractivity contribution in [2.75, 3.05) is 26.2 Å². The van der Waals surface area contributed by atoms with Gasteiger partial charge in [0.15, 0.2) is 5.96 Å². The van der Waals surface area contributed by atoms with Crippen molar-refractivity contribution in [3.63, 3.8) is 0 Å². The topological polar surface area (TPSA) is 85.8 Å². The van der Waals surface area contributed by atoms with E-state index in [0.29, 0.717) is 19.0 Å². The van der Waals surface area contributed by atoms with Crippen LogP contribution in [0.4, 0.5) is 0 Å². The first-order chi connectivity index (χ1) is 11.2. The molecule has 1 heterocycles. The molecule has 136 valence electrons. The molecule has 0 saturated carbocycles. The predicted octanol–water partition coefficient (Wildman–Crippen LogP) is 1.67. The van der Waals surface area contributed by atoms with Gasteiger partial charge >= 0.3 is 0 Å². The molecule has 24 heavy (non-hydrogen) atoms. The molecule has 0 aromatic carbocycles. The SMILES string of the molecule is CCNC(=NCC(C)(O)c1ccsc1)NCCNC(=O)C(C)(C)C. The fourth-order valence-electron chi connectivity index (χ4n) is 1.86. The Morgan fingerprint density at radius 2 is 1.88 bits per heavy atom. The average molecular weight is 355 g/mol. The summed E-state index contributed by atoms with van der Waals surface area (Å²) >= 11 is 1.55. The number of amides is 1. The number of hydrogen-bond donors (Lipinski definition) is 4. The molecule has 1 rings (SSSR count). The number of hydrogen-bond acceptors (Lipinski definition) is 4. The van der Waals surface area contributed by atoms with Crippen molar-refractivity contribution in [3.8, 4) is 0 Å². The van der Waals surface area contributed by atoms with Gasteiger partial charge in [-0.3, -0.25) is 4.79 Å². The summed E-state index contributed by atoms with van der Waals surface area (Å²) in [5, 5.41) is 23.6. The van der Waals surface area contributed by atoms with Crippen molar-refractivity contribution >= 4 is 23.2 Å². The third kappa shape index (κ3) is 6.88. The van der Waals surface area contributed by atoms with E-state index in [9.17, 15) is 9.90 Å². The predicted molar refractivity (Wildman–Crippen MR) is 100 cm³/mol. The molecule has 0 fully saturated rings. The molecule has 0 saturated heterocycles. The number of aliphatic hydroxyl groups is 1. The Morgan fingerprint density at radius 1 is 1.21 bits per heavy atom. The van der Waals surface area contributed by atoms with Crippen molar-refractivity contribution < 1.29 is 9.90 Å². The molecular formula is C17H30N4O2S. The van der Waals surface area contributed by atoms with Crippen molar-refractivity contribution in [2.45, 2.75) is 40.2 Å². The summed E-state index contributed by atoms with van der Waals surface area (Å²) in [5.41, 5.74) is -0.523. The van der Waals surface area contributed by atoms with E-state index < -0.39 is 11.0 Å². The van der Waals surface area contributed by atoms with Crippen LogP contribution in [0.2, 0.25) is 0 Å². The zero-order chi connectivity index (χ0) is 18.2. The lowest BCUT2D eigenvalue weighted by Crippen LogP contribution is -2.44. The summed E-state index contributed by atoms with van der Waals surface area (Å²) in [6.07, 6.45) is 0. The van der Waals surface area contributed by atoms with Crippen LogP contribution in [0.3, 0.4) is 0 Å². The summed E-state index contributed by atoms with van der Waals surface area (Å²) in [5.74, 6) is 0.643. The molecule has 0 aliphatic rings. The smallest absolute Gasteiger partial charge is 0.225 e. The molecule has 1 aromatic heterocycles. The fourth-order valence-corrected chi connectivity index (χ4v) is 2.64. The minimum atomic E-state index is -0.997. The summed E-state index contributed by atoms with van der Waals surface area (Å²) in [6, 6.07) is 1.91. The highest BCUT2D eigenvalue weighted by Crippen LogP contribution is 2.23. The van der Waals surface area contributed by atoms with Crippen LogP contribution in [0.1, 0.15) is 40.2 Å². The minimum absolute atomic E-state index is 0.0200. The second-order valence-corrected chi connectivity index (χ2v) is 7.69. The average Bonchev–Trinajstić information content (AvgIpc) is 3.03. The van der Waals surface area contributed by atoms with Gasteiger partial charge in [-0.15, -0.1) is 0 Å². The lowest BCUT2D eigenvalue weighted by Gasteiger charge is -2.21. The summed E-state index contributed by atoms with van der Waals surface area (Å²) in [6.45, 7) is 11.4. The van der Waals surface area contributed by atoms with Gasteiger partial charge in [0.25, 0.3) is 0 Å². The number of guanidine groups is 1. The highest BCUT2D eigenvalue weighted by molar-refractivity contribution is 7.08. The number of rotatable bonds is 7. The van der Waals surface area contributed by atoms with Gasteiger partial charge in [-0.2, -0.15) is 11.3 Å². The molecule has 1 amide bonds. The Balaban J connectivity index is 2.50. The second-order valence-electron chi connectivity index (χ2n) is 6.91. The molecule has 0 radical (unpaired) electrons. The molecule has 0 aliphatic heterocycles. The summed E-state index contributed by atoms with van der Waals surface area (Å²) in [4.78, 5) is 16.2. The number of nitrogens with zero attached hydrogens (tertiary/aromatic N) is 1. The van der Waals surface area contributed by atoms with Gasteiger partial charge in [-0.1, -0.05) is 20.8 Å². The van der Waals surface area contributed by atoms with E-state index in [0.717, 1.165) is 12.1 Å². The van der Waals surface area contributed by atoms with Gasteiger partial charge in [0.05, 0.1) is 6.54 Å². The molecule has 1 aromatic rings. The Hall–Kier alpha value is -1.60. The second kappa shape index (κ2) is 9.03. The molecule has 1 atom stereocenters. The first-order valence-electron chi connectivity index (χ1n) is 8.22. The van der Waals surface area contributed by atoms with Gasteiger partial charge < -0.3 is 21.1 Å². The quantitative estimate of drug-likeness (QED) is 0.341. The van der Waals surface area contributed by atoms with Gasteiger partial charge in [0.1, 0.15) is 5.60 Å². The third-order valence-corrected chi connectivity index (χ3v) is 4.10. The molecule has 0 spiro atoms. The number of thiophene rings is 1. The van der Waals surface area contributed by atoms with E-state index in [1.54, 1.807) is 18.3 Å². The molecule has 0 aliphatic carbocycles. The number of nitrogens with one attached hydrogen (secondary N) is 3. The zero-order valence-corrected chi connectivity index (χ0v) is 16.1. The molecule has 6 nitrogen and oxygen atoms in total. The Labute approximate surface area is 148 Å². The van der Waals surface area contributed by atoms with E-state index in [-0.39, 0.29) is 12.5 Å². The lowest BCUT2D eigenvalue weighted by atomic mass is 9.96. The van der Waals surface area contributed by atoms with Crippen molar-refractivity contribution in [1.82, 2.24) is 16.0 Å². The highest BCUT2D eigenvalue weighted by atomic mass is 32.1. The minimum Gasteiger partial charge on any atom is -0.383 e. The highest BCUT2D eigenvalue weighted by Gasteiger charge is 2.23. The maximum atomic E-state index is 11.8.